The van der Waals surface area contributed by atoms with Gasteiger partial charge >= 0.3 is 5.97 Å². The molecule has 1 aromatic carbocycles. The van der Waals surface area contributed by atoms with Gasteiger partial charge in [-0.15, -0.1) is 0 Å². The van der Waals surface area contributed by atoms with E-state index in [-0.39, 0.29) is 18.1 Å². The van der Waals surface area contributed by atoms with Gasteiger partial charge in [0.1, 0.15) is 0 Å². The Balaban J connectivity index is 1.85. The molecule has 2 heterocycles. The van der Waals surface area contributed by atoms with Crippen LogP contribution >= 0.6 is 0 Å². The maximum atomic E-state index is 13.3. The minimum atomic E-state index is -3.64. The number of fused-ring (bicyclic) bond motifs is 2. The van der Waals surface area contributed by atoms with Crippen molar-refractivity contribution < 1.29 is 17.9 Å². The molecule has 0 saturated carbocycles. The largest absolute Gasteiger partial charge is 0.466 e. The Hall–Kier alpha value is -1.44. The van der Waals surface area contributed by atoms with Crippen LogP contribution in [0.15, 0.2) is 30.3 Å². The van der Waals surface area contributed by atoms with Crippen LogP contribution in [0.3, 0.4) is 0 Å². The maximum Gasteiger partial charge on any atom is 0.313 e. The molecule has 0 aliphatic carbocycles. The molecule has 144 valence electrons. The molecule has 3 rings (SSSR count). The Morgan fingerprint density at radius 2 is 1.96 bits per heavy atom. The van der Waals surface area contributed by atoms with Crippen molar-refractivity contribution in [1.82, 2.24) is 8.61 Å². The number of esters is 1. The van der Waals surface area contributed by atoms with E-state index in [9.17, 15) is 13.2 Å². The summed E-state index contributed by atoms with van der Waals surface area (Å²) in [4.78, 5) is 12.7. The van der Waals surface area contributed by atoms with E-state index in [4.69, 9.17) is 4.74 Å². The van der Waals surface area contributed by atoms with Crippen molar-refractivity contribution >= 4 is 16.2 Å². The van der Waals surface area contributed by atoms with Gasteiger partial charge in [-0.3, -0.25) is 4.79 Å². The highest BCUT2D eigenvalue weighted by Gasteiger charge is 2.63. The van der Waals surface area contributed by atoms with E-state index >= 15 is 0 Å². The van der Waals surface area contributed by atoms with Crippen LogP contribution in [0, 0.1) is 5.41 Å². The second-order valence-electron chi connectivity index (χ2n) is 7.26. The van der Waals surface area contributed by atoms with Crippen LogP contribution in [-0.2, 0) is 26.3 Å². The predicted octanol–water partition coefficient (Wildman–Crippen LogP) is 2.56. The maximum absolute atomic E-state index is 13.3. The number of carbonyl (C=O) groups is 1. The minimum absolute atomic E-state index is 0.118. The van der Waals surface area contributed by atoms with Gasteiger partial charge in [0.05, 0.1) is 12.0 Å². The summed E-state index contributed by atoms with van der Waals surface area (Å²) in [5.41, 5.74) is 0.233. The number of benzene rings is 1. The molecule has 2 aliphatic heterocycles. The van der Waals surface area contributed by atoms with Crippen LogP contribution in [-0.4, -0.2) is 48.7 Å². The fraction of sp³-hybridized carbons (Fsp3) is 0.632. The molecule has 1 aromatic rings. The zero-order valence-corrected chi connectivity index (χ0v) is 16.5. The average molecular weight is 381 g/mol. The third kappa shape index (κ3) is 3.06. The van der Waals surface area contributed by atoms with E-state index in [1.165, 1.54) is 4.31 Å². The van der Waals surface area contributed by atoms with Gasteiger partial charge in [-0.05, 0) is 38.2 Å². The molecule has 6 nitrogen and oxygen atoms in total. The standard InChI is InChI=1S/C19H28N2O4S/c1-4-19(18(22)25-5-2)13-16-11-12-17(19)21(16)26(23,24)20(3)14-15-9-7-6-8-10-15/h6-10,16-17H,4-5,11-14H2,1-3H3/t16-,17+,19+/m0/s1. The lowest BCUT2D eigenvalue weighted by molar-refractivity contribution is -0.157. The molecule has 7 heteroatoms. The lowest BCUT2D eigenvalue weighted by Gasteiger charge is -2.34. The van der Waals surface area contributed by atoms with Crippen LogP contribution in [0.5, 0.6) is 0 Å². The highest BCUT2D eigenvalue weighted by Crippen LogP contribution is 2.53. The SMILES string of the molecule is CCOC(=O)[C@]1(CC)C[C@@H]2CC[C@H]1N2S(=O)(=O)N(C)Cc1ccccc1. The Morgan fingerprint density at radius 3 is 2.58 bits per heavy atom. The normalized spacial score (nSPS) is 28.6. The Labute approximate surface area is 156 Å². The van der Waals surface area contributed by atoms with E-state index in [0.29, 0.717) is 26.0 Å². The quantitative estimate of drug-likeness (QED) is 0.682. The zero-order valence-electron chi connectivity index (χ0n) is 15.7. The van der Waals surface area contributed by atoms with Crippen molar-refractivity contribution in [3.05, 3.63) is 35.9 Å². The molecule has 0 N–H and O–H groups in total. The molecule has 2 bridgehead atoms. The van der Waals surface area contributed by atoms with Gasteiger partial charge in [0, 0.05) is 25.7 Å². The van der Waals surface area contributed by atoms with E-state index in [2.05, 4.69) is 0 Å². The summed E-state index contributed by atoms with van der Waals surface area (Å²) in [7, 11) is -2.03. The number of hydrogen-bond acceptors (Lipinski definition) is 4. The molecule has 0 spiro atoms. The number of carbonyl (C=O) groups excluding carboxylic acids is 1. The first-order chi connectivity index (χ1) is 12.4. The van der Waals surface area contributed by atoms with E-state index < -0.39 is 15.6 Å². The van der Waals surface area contributed by atoms with Crippen LogP contribution < -0.4 is 0 Å². The first-order valence-corrected chi connectivity index (χ1v) is 10.7. The lowest BCUT2D eigenvalue weighted by Crippen LogP contribution is -2.49. The molecule has 0 radical (unpaired) electrons. The molecular weight excluding hydrogens is 352 g/mol. The fourth-order valence-corrected chi connectivity index (χ4v) is 6.40. The Kier molecular flexibility index (Phi) is 5.42. The minimum Gasteiger partial charge on any atom is -0.466 e. The number of rotatable bonds is 7. The van der Waals surface area contributed by atoms with Crippen molar-refractivity contribution in [2.75, 3.05) is 13.7 Å². The van der Waals surface area contributed by atoms with E-state index in [1.54, 1.807) is 18.3 Å². The van der Waals surface area contributed by atoms with Crippen LogP contribution in [0.2, 0.25) is 0 Å². The first kappa shape index (κ1) is 19.3. The molecule has 0 aromatic heterocycles. The van der Waals surface area contributed by atoms with Gasteiger partial charge in [-0.25, -0.2) is 0 Å². The van der Waals surface area contributed by atoms with E-state index in [1.807, 2.05) is 37.3 Å². The smallest absolute Gasteiger partial charge is 0.313 e. The molecule has 3 atom stereocenters. The zero-order chi connectivity index (χ0) is 18.9. The van der Waals surface area contributed by atoms with Crippen LogP contribution in [0.1, 0.15) is 45.1 Å². The van der Waals surface area contributed by atoms with Crippen molar-refractivity contribution in [2.45, 2.75) is 58.2 Å². The van der Waals surface area contributed by atoms with E-state index in [0.717, 1.165) is 18.4 Å². The monoisotopic (exact) mass is 380 g/mol. The molecule has 0 amide bonds. The Bertz CT molecular complexity index is 752. The summed E-state index contributed by atoms with van der Waals surface area (Å²) in [5.74, 6) is -0.249. The van der Waals surface area contributed by atoms with Gasteiger partial charge in [0.2, 0.25) is 0 Å². The summed E-state index contributed by atoms with van der Waals surface area (Å²) in [6.07, 6.45) is 2.69. The molecule has 2 saturated heterocycles. The second kappa shape index (κ2) is 7.29. The van der Waals surface area contributed by atoms with Crippen molar-refractivity contribution in [2.24, 2.45) is 5.41 Å². The van der Waals surface area contributed by atoms with Gasteiger partial charge in [-0.1, -0.05) is 37.3 Å². The fourth-order valence-electron chi connectivity index (χ4n) is 4.58. The number of hydrogen-bond donors (Lipinski definition) is 0. The highest BCUT2D eigenvalue weighted by atomic mass is 32.2. The summed E-state index contributed by atoms with van der Waals surface area (Å²) in [5, 5.41) is 0. The third-order valence-corrected chi connectivity index (χ3v) is 7.90. The van der Waals surface area contributed by atoms with Crippen molar-refractivity contribution in [3.63, 3.8) is 0 Å². The second-order valence-corrected chi connectivity index (χ2v) is 9.20. The van der Waals surface area contributed by atoms with Crippen molar-refractivity contribution in [3.8, 4) is 0 Å². The van der Waals surface area contributed by atoms with Gasteiger partial charge in [0.15, 0.2) is 0 Å². The summed E-state index contributed by atoms with van der Waals surface area (Å²) in [6.45, 7) is 4.38. The molecule has 0 unspecified atom stereocenters. The predicted molar refractivity (Wildman–Crippen MR) is 99.5 cm³/mol. The van der Waals surface area contributed by atoms with Gasteiger partial charge in [0.25, 0.3) is 10.2 Å². The molecular formula is C19H28N2O4S. The topological polar surface area (TPSA) is 66.9 Å². The lowest BCUT2D eigenvalue weighted by atomic mass is 9.72. The molecule has 2 aliphatic rings. The summed E-state index contributed by atoms with van der Waals surface area (Å²) in [6, 6.07) is 9.12. The Morgan fingerprint density at radius 1 is 1.27 bits per heavy atom. The molecule has 2 fully saturated rings. The summed E-state index contributed by atoms with van der Waals surface area (Å²) < 4.78 is 34.9. The highest BCUT2D eigenvalue weighted by molar-refractivity contribution is 7.86. The van der Waals surface area contributed by atoms with Gasteiger partial charge < -0.3 is 4.74 Å². The first-order valence-electron chi connectivity index (χ1n) is 9.32. The molecule has 26 heavy (non-hydrogen) atoms. The van der Waals surface area contributed by atoms with Crippen LogP contribution in [0.25, 0.3) is 0 Å². The summed E-state index contributed by atoms with van der Waals surface area (Å²) >= 11 is 0. The number of nitrogens with zero attached hydrogens (tertiary/aromatic N) is 2. The third-order valence-electron chi connectivity index (χ3n) is 5.90. The van der Waals surface area contributed by atoms with Crippen molar-refractivity contribution in [1.29, 1.82) is 0 Å². The van der Waals surface area contributed by atoms with Crippen LogP contribution in [0.4, 0.5) is 0 Å². The number of ether oxygens (including phenoxy) is 1. The average Bonchev–Trinajstić information content (AvgIpc) is 3.20. The van der Waals surface area contributed by atoms with Gasteiger partial charge in [-0.2, -0.15) is 17.0 Å².